The summed E-state index contributed by atoms with van der Waals surface area (Å²) in [4.78, 5) is 4.38. The van der Waals surface area contributed by atoms with Gasteiger partial charge in [0.25, 0.3) is 0 Å². The van der Waals surface area contributed by atoms with Crippen LogP contribution in [0.25, 0.3) is 17.1 Å². The average molecular weight is 476 g/mol. The summed E-state index contributed by atoms with van der Waals surface area (Å²) in [5, 5.41) is 17.6. The second kappa shape index (κ2) is 10.7. The van der Waals surface area contributed by atoms with Gasteiger partial charge in [0.15, 0.2) is 5.82 Å². The highest BCUT2D eigenvalue weighted by Crippen LogP contribution is 2.31. The summed E-state index contributed by atoms with van der Waals surface area (Å²) in [6.45, 7) is 8.51. The van der Waals surface area contributed by atoms with Crippen molar-refractivity contribution in [3.8, 4) is 23.1 Å². The fourth-order valence-electron chi connectivity index (χ4n) is 2.94. The highest BCUT2D eigenvalue weighted by atomic mass is 19.4. The van der Waals surface area contributed by atoms with Crippen molar-refractivity contribution in [3.63, 3.8) is 0 Å². The van der Waals surface area contributed by atoms with Crippen LogP contribution < -0.4 is 10.1 Å². The average Bonchev–Trinajstić information content (AvgIpc) is 3.25. The van der Waals surface area contributed by atoms with Crippen molar-refractivity contribution >= 4 is 5.69 Å². The lowest BCUT2D eigenvalue weighted by atomic mass is 10.1. The Bertz CT molecular complexity index is 1080. The molecule has 0 spiro atoms. The van der Waals surface area contributed by atoms with E-state index in [9.17, 15) is 18.3 Å². The number of rotatable bonds is 11. The first-order valence-corrected chi connectivity index (χ1v) is 10.7. The number of benzene rings is 2. The van der Waals surface area contributed by atoms with Crippen LogP contribution in [0.2, 0.25) is 0 Å². The van der Waals surface area contributed by atoms with Crippen LogP contribution in [-0.2, 0) is 10.9 Å². The van der Waals surface area contributed by atoms with Crippen molar-refractivity contribution < 1.29 is 27.8 Å². The van der Waals surface area contributed by atoms with Crippen LogP contribution >= 0.6 is 0 Å². The van der Waals surface area contributed by atoms with Gasteiger partial charge >= 0.3 is 12.2 Å². The molecular weight excluding hydrogens is 449 g/mol. The Hall–Kier alpha value is -3.37. The Morgan fingerprint density at radius 2 is 1.76 bits per heavy atom. The van der Waals surface area contributed by atoms with Gasteiger partial charge in [-0.1, -0.05) is 18.2 Å². The zero-order valence-corrected chi connectivity index (χ0v) is 19.0. The summed E-state index contributed by atoms with van der Waals surface area (Å²) >= 11 is 0. The molecule has 1 unspecified atom stereocenters. The fraction of sp³-hybridized carbons (Fsp3) is 0.333. The standard InChI is InChI=1S/C24H27F3N4O3/c1-4-23(3,32)16-28-19-10-12-20(13-11-19)31-21(29-22(30-31)34-15-14-33-5-2)17-6-8-18(9-7-17)24(25,26)27/h4,6-13,28,32H,1,5,14-16H2,2-3H3. The van der Waals surface area contributed by atoms with Gasteiger partial charge in [0.05, 0.1) is 23.5 Å². The molecule has 0 aliphatic carbocycles. The Morgan fingerprint density at radius 3 is 2.35 bits per heavy atom. The fourth-order valence-corrected chi connectivity index (χ4v) is 2.94. The molecule has 3 aromatic rings. The molecule has 0 fully saturated rings. The van der Waals surface area contributed by atoms with E-state index in [1.54, 1.807) is 31.2 Å². The maximum absolute atomic E-state index is 13.0. The maximum atomic E-state index is 13.0. The van der Waals surface area contributed by atoms with Crippen molar-refractivity contribution in [2.45, 2.75) is 25.6 Å². The molecule has 0 bridgehead atoms. The first-order valence-electron chi connectivity index (χ1n) is 10.7. The monoisotopic (exact) mass is 476 g/mol. The highest BCUT2D eigenvalue weighted by molar-refractivity contribution is 5.60. The van der Waals surface area contributed by atoms with Crippen LogP contribution in [0.15, 0.2) is 61.2 Å². The number of hydrogen-bond acceptors (Lipinski definition) is 6. The summed E-state index contributed by atoms with van der Waals surface area (Å²) in [6.07, 6.45) is -2.98. The molecule has 2 aromatic carbocycles. The number of aromatic nitrogens is 3. The van der Waals surface area contributed by atoms with E-state index in [2.05, 4.69) is 22.0 Å². The van der Waals surface area contributed by atoms with Crippen LogP contribution in [0, 0.1) is 0 Å². The van der Waals surface area contributed by atoms with Gasteiger partial charge in [0, 0.05) is 24.4 Å². The smallest absolute Gasteiger partial charge is 0.416 e. The van der Waals surface area contributed by atoms with Crippen molar-refractivity contribution in [2.24, 2.45) is 0 Å². The highest BCUT2D eigenvalue weighted by Gasteiger charge is 2.30. The molecule has 1 heterocycles. The predicted molar refractivity (Wildman–Crippen MR) is 123 cm³/mol. The van der Waals surface area contributed by atoms with Gasteiger partial charge in [-0.2, -0.15) is 18.2 Å². The third kappa shape index (κ3) is 6.58. The third-order valence-corrected chi connectivity index (χ3v) is 4.92. The van der Waals surface area contributed by atoms with E-state index < -0.39 is 17.3 Å². The molecule has 2 N–H and O–H groups in total. The topological polar surface area (TPSA) is 81.4 Å². The number of nitrogens with one attached hydrogen (secondary N) is 1. The largest absolute Gasteiger partial charge is 0.460 e. The zero-order chi connectivity index (χ0) is 24.8. The summed E-state index contributed by atoms with van der Waals surface area (Å²) in [7, 11) is 0. The third-order valence-electron chi connectivity index (χ3n) is 4.92. The molecule has 3 rings (SSSR count). The van der Waals surface area contributed by atoms with Crippen molar-refractivity contribution in [1.29, 1.82) is 0 Å². The molecule has 0 amide bonds. The molecule has 182 valence electrons. The van der Waals surface area contributed by atoms with Crippen LogP contribution in [-0.4, -0.2) is 51.8 Å². The molecule has 0 aliphatic rings. The van der Waals surface area contributed by atoms with Crippen molar-refractivity contribution in [1.82, 2.24) is 14.8 Å². The number of nitrogens with zero attached hydrogens (tertiary/aromatic N) is 3. The van der Waals surface area contributed by atoms with E-state index in [1.165, 1.54) is 22.9 Å². The molecule has 0 aliphatic heterocycles. The van der Waals surface area contributed by atoms with E-state index in [1.807, 2.05) is 6.92 Å². The summed E-state index contributed by atoms with van der Waals surface area (Å²) < 4.78 is 51.2. The van der Waals surface area contributed by atoms with Crippen LogP contribution in [0.5, 0.6) is 6.01 Å². The lowest BCUT2D eigenvalue weighted by Crippen LogP contribution is -2.30. The van der Waals surface area contributed by atoms with E-state index >= 15 is 0 Å². The Kier molecular flexibility index (Phi) is 7.95. The van der Waals surface area contributed by atoms with E-state index in [0.29, 0.717) is 30.3 Å². The summed E-state index contributed by atoms with van der Waals surface area (Å²) in [5.74, 6) is 0.329. The summed E-state index contributed by atoms with van der Waals surface area (Å²) in [5.41, 5.74) is 0.0256. The molecule has 1 atom stereocenters. The number of anilines is 1. The Morgan fingerprint density at radius 1 is 1.09 bits per heavy atom. The second-order valence-corrected chi connectivity index (χ2v) is 7.71. The van der Waals surface area contributed by atoms with Gasteiger partial charge in [0.2, 0.25) is 0 Å². The van der Waals surface area contributed by atoms with Gasteiger partial charge in [-0.3, -0.25) is 0 Å². The molecule has 7 nitrogen and oxygen atoms in total. The number of ether oxygens (including phenoxy) is 2. The molecule has 0 saturated heterocycles. The van der Waals surface area contributed by atoms with Crippen LogP contribution in [0.1, 0.15) is 19.4 Å². The van der Waals surface area contributed by atoms with Gasteiger partial charge < -0.3 is 19.9 Å². The lowest BCUT2D eigenvalue weighted by Gasteiger charge is -2.19. The number of alkyl halides is 3. The minimum Gasteiger partial charge on any atom is -0.460 e. The van der Waals surface area contributed by atoms with Crippen molar-refractivity contribution in [3.05, 3.63) is 66.7 Å². The first-order chi connectivity index (χ1) is 16.1. The second-order valence-electron chi connectivity index (χ2n) is 7.71. The van der Waals surface area contributed by atoms with E-state index in [-0.39, 0.29) is 19.2 Å². The van der Waals surface area contributed by atoms with Gasteiger partial charge in [-0.05, 0) is 50.2 Å². The number of halogens is 3. The minimum absolute atomic E-state index is 0.0823. The Labute approximate surface area is 195 Å². The zero-order valence-electron chi connectivity index (χ0n) is 19.0. The molecule has 0 saturated carbocycles. The van der Waals surface area contributed by atoms with Gasteiger partial charge in [-0.15, -0.1) is 11.7 Å². The van der Waals surface area contributed by atoms with Crippen LogP contribution in [0.4, 0.5) is 18.9 Å². The summed E-state index contributed by atoms with van der Waals surface area (Å²) in [6, 6.07) is 11.9. The quantitative estimate of drug-likeness (QED) is 0.308. The number of aliphatic hydroxyl groups is 1. The van der Waals surface area contributed by atoms with Gasteiger partial charge in [0.1, 0.15) is 6.61 Å². The van der Waals surface area contributed by atoms with E-state index in [0.717, 1.165) is 17.8 Å². The molecule has 10 heteroatoms. The molecule has 1 aromatic heterocycles. The predicted octanol–water partition coefficient (Wildman–Crippen LogP) is 4.72. The molecule has 0 radical (unpaired) electrons. The maximum Gasteiger partial charge on any atom is 0.416 e. The molecular formula is C24H27F3N4O3. The van der Waals surface area contributed by atoms with Gasteiger partial charge in [-0.25, -0.2) is 4.68 Å². The first kappa shape index (κ1) is 25.3. The lowest BCUT2D eigenvalue weighted by molar-refractivity contribution is -0.137. The van der Waals surface area contributed by atoms with Crippen LogP contribution in [0.3, 0.4) is 0 Å². The molecule has 34 heavy (non-hydrogen) atoms. The normalized spacial score (nSPS) is 13.4. The minimum atomic E-state index is -4.43. The van der Waals surface area contributed by atoms with E-state index in [4.69, 9.17) is 9.47 Å². The Balaban J connectivity index is 1.88. The van der Waals surface area contributed by atoms with Crippen molar-refractivity contribution in [2.75, 3.05) is 31.7 Å². The SMILES string of the molecule is C=CC(C)(O)CNc1ccc(-n2nc(OCCOCC)nc2-c2ccc(C(F)(F)F)cc2)cc1. The number of hydrogen-bond donors (Lipinski definition) is 2.